The highest BCUT2D eigenvalue weighted by Gasteiger charge is 2.00. The molecule has 0 aromatic heterocycles. The number of phenolic OH excluding ortho intramolecular Hbond substituents is 2. The van der Waals surface area contributed by atoms with E-state index in [0.717, 1.165) is 8.95 Å². The van der Waals surface area contributed by atoms with Crippen molar-refractivity contribution >= 4 is 44.0 Å². The van der Waals surface area contributed by atoms with Crippen LogP contribution in [0.1, 0.15) is 11.1 Å². The summed E-state index contributed by atoms with van der Waals surface area (Å²) < 4.78 is 1.77. The predicted molar refractivity (Wildman–Crippen MR) is 80.5 cm³/mol. The molecule has 2 rings (SSSR count). The molecule has 0 amide bonds. The molecule has 0 bridgehead atoms. The van der Waals surface area contributed by atoms with E-state index in [4.69, 9.17) is 0 Å². The second-order valence-electron chi connectivity index (χ2n) is 3.74. The molecule has 2 aromatic carbocycles. The van der Waals surface area contributed by atoms with Gasteiger partial charge in [-0.15, -0.1) is 0 Å². The van der Waals surface area contributed by atoms with E-state index < -0.39 is 0 Å². The lowest BCUT2D eigenvalue weighted by molar-refractivity contribution is 0.473. The van der Waals surface area contributed by atoms with E-state index in [1.807, 2.05) is 0 Å². The summed E-state index contributed by atoms with van der Waals surface area (Å²) in [5, 5.41) is 19.4. The van der Waals surface area contributed by atoms with Gasteiger partial charge < -0.3 is 10.2 Å². The molecule has 0 atom stereocenters. The van der Waals surface area contributed by atoms with Crippen LogP contribution in [-0.4, -0.2) is 10.2 Å². The molecular formula is C14H10Br2O2. The zero-order valence-electron chi connectivity index (χ0n) is 9.27. The van der Waals surface area contributed by atoms with E-state index in [1.165, 1.54) is 0 Å². The van der Waals surface area contributed by atoms with Gasteiger partial charge in [-0.05, 0) is 36.4 Å². The fraction of sp³-hybridized carbons (Fsp3) is 0. The molecular weight excluding hydrogens is 360 g/mol. The van der Waals surface area contributed by atoms with Crippen LogP contribution in [0.15, 0.2) is 45.3 Å². The molecule has 0 aliphatic rings. The third-order valence-corrected chi connectivity index (χ3v) is 3.41. The fourth-order valence-electron chi connectivity index (χ4n) is 1.50. The highest BCUT2D eigenvalue weighted by atomic mass is 79.9. The first kappa shape index (κ1) is 13.2. The van der Waals surface area contributed by atoms with E-state index >= 15 is 0 Å². The van der Waals surface area contributed by atoms with Crippen LogP contribution in [0.5, 0.6) is 11.5 Å². The first-order valence-corrected chi connectivity index (χ1v) is 6.80. The summed E-state index contributed by atoms with van der Waals surface area (Å²) in [6, 6.07) is 10.4. The molecule has 0 saturated heterocycles. The number of rotatable bonds is 2. The van der Waals surface area contributed by atoms with Crippen molar-refractivity contribution in [3.8, 4) is 11.5 Å². The Hall–Kier alpha value is -1.26. The summed E-state index contributed by atoms with van der Waals surface area (Å²) in [4.78, 5) is 0. The molecule has 0 heterocycles. The van der Waals surface area contributed by atoms with Crippen molar-refractivity contribution in [2.45, 2.75) is 0 Å². The molecule has 18 heavy (non-hydrogen) atoms. The molecule has 92 valence electrons. The molecule has 4 heteroatoms. The second kappa shape index (κ2) is 5.59. The highest BCUT2D eigenvalue weighted by molar-refractivity contribution is 9.10. The van der Waals surface area contributed by atoms with Crippen molar-refractivity contribution < 1.29 is 10.2 Å². The van der Waals surface area contributed by atoms with Crippen molar-refractivity contribution in [1.29, 1.82) is 0 Å². The minimum Gasteiger partial charge on any atom is -0.507 e. The highest BCUT2D eigenvalue weighted by Crippen LogP contribution is 2.27. The molecule has 2 N–H and O–H groups in total. The standard InChI is InChI=1S/C14H10Br2O2/c15-11-3-5-13(17)9(7-11)1-2-10-8-12(16)4-6-14(10)18/h1-8,17-18H/b2-1+. The summed E-state index contributed by atoms with van der Waals surface area (Å²) >= 11 is 6.69. The van der Waals surface area contributed by atoms with E-state index in [0.29, 0.717) is 11.1 Å². The molecule has 0 unspecified atom stereocenters. The van der Waals surface area contributed by atoms with Crippen molar-refractivity contribution in [3.63, 3.8) is 0 Å². The Bertz CT molecular complexity index is 553. The topological polar surface area (TPSA) is 40.5 Å². The average Bonchev–Trinajstić information content (AvgIpc) is 2.34. The first-order valence-electron chi connectivity index (χ1n) is 5.21. The summed E-state index contributed by atoms with van der Waals surface area (Å²) in [6.45, 7) is 0. The summed E-state index contributed by atoms with van der Waals surface area (Å²) in [6.07, 6.45) is 3.50. The van der Waals surface area contributed by atoms with Crippen LogP contribution in [0.4, 0.5) is 0 Å². The minimum absolute atomic E-state index is 0.198. The number of benzene rings is 2. The minimum atomic E-state index is 0.198. The maximum Gasteiger partial charge on any atom is 0.122 e. The van der Waals surface area contributed by atoms with Gasteiger partial charge >= 0.3 is 0 Å². The number of phenols is 2. The zero-order chi connectivity index (χ0) is 13.1. The first-order chi connectivity index (χ1) is 8.56. The summed E-state index contributed by atoms with van der Waals surface area (Å²) in [5.74, 6) is 0.396. The Labute approximate surface area is 122 Å². The van der Waals surface area contributed by atoms with Crippen LogP contribution in [0, 0.1) is 0 Å². The average molecular weight is 370 g/mol. The van der Waals surface area contributed by atoms with Crippen LogP contribution < -0.4 is 0 Å². The van der Waals surface area contributed by atoms with Gasteiger partial charge in [0.05, 0.1) is 0 Å². The van der Waals surface area contributed by atoms with Gasteiger partial charge in [0, 0.05) is 20.1 Å². The molecule has 2 aromatic rings. The van der Waals surface area contributed by atoms with Gasteiger partial charge in [0.2, 0.25) is 0 Å². The predicted octanol–water partition coefficient (Wildman–Crippen LogP) is 4.79. The van der Waals surface area contributed by atoms with Crippen molar-refractivity contribution in [3.05, 3.63) is 56.5 Å². The third-order valence-electron chi connectivity index (χ3n) is 2.42. The molecule has 0 aliphatic carbocycles. The van der Waals surface area contributed by atoms with Crippen LogP contribution in [0.3, 0.4) is 0 Å². The van der Waals surface area contributed by atoms with Gasteiger partial charge in [-0.1, -0.05) is 44.0 Å². The lowest BCUT2D eigenvalue weighted by Crippen LogP contribution is -1.77. The Morgan fingerprint density at radius 3 is 1.50 bits per heavy atom. The van der Waals surface area contributed by atoms with Gasteiger partial charge in [0.15, 0.2) is 0 Å². The molecule has 0 spiro atoms. The lowest BCUT2D eigenvalue weighted by atomic mass is 10.1. The number of aromatic hydroxyl groups is 2. The third kappa shape index (κ3) is 3.15. The van der Waals surface area contributed by atoms with Gasteiger partial charge in [-0.2, -0.15) is 0 Å². The van der Waals surface area contributed by atoms with Crippen LogP contribution >= 0.6 is 31.9 Å². The molecule has 0 radical (unpaired) electrons. The lowest BCUT2D eigenvalue weighted by Gasteiger charge is -2.02. The van der Waals surface area contributed by atoms with Gasteiger partial charge in [-0.25, -0.2) is 0 Å². The van der Waals surface area contributed by atoms with Crippen molar-refractivity contribution in [2.75, 3.05) is 0 Å². The van der Waals surface area contributed by atoms with E-state index in [9.17, 15) is 10.2 Å². The number of hydrogen-bond acceptors (Lipinski definition) is 2. The van der Waals surface area contributed by atoms with Crippen LogP contribution in [0.25, 0.3) is 12.2 Å². The normalized spacial score (nSPS) is 11.0. The maximum atomic E-state index is 9.69. The van der Waals surface area contributed by atoms with E-state index in [-0.39, 0.29) is 11.5 Å². The van der Waals surface area contributed by atoms with Crippen LogP contribution in [0.2, 0.25) is 0 Å². The van der Waals surface area contributed by atoms with E-state index in [1.54, 1.807) is 48.6 Å². The van der Waals surface area contributed by atoms with Gasteiger partial charge in [0.25, 0.3) is 0 Å². The Morgan fingerprint density at radius 1 is 0.722 bits per heavy atom. The smallest absolute Gasteiger partial charge is 0.122 e. The quantitative estimate of drug-likeness (QED) is 0.747. The van der Waals surface area contributed by atoms with Gasteiger partial charge in [0.1, 0.15) is 11.5 Å². The summed E-state index contributed by atoms with van der Waals surface area (Å²) in [7, 11) is 0. The Balaban J connectivity index is 2.35. The van der Waals surface area contributed by atoms with Crippen molar-refractivity contribution in [2.24, 2.45) is 0 Å². The zero-order valence-corrected chi connectivity index (χ0v) is 12.4. The monoisotopic (exact) mass is 368 g/mol. The Kier molecular flexibility index (Phi) is 4.09. The fourth-order valence-corrected chi connectivity index (χ4v) is 2.25. The summed E-state index contributed by atoms with van der Waals surface area (Å²) in [5.41, 5.74) is 1.37. The molecule has 0 aliphatic heterocycles. The SMILES string of the molecule is Oc1ccc(Br)cc1/C=C/c1cc(Br)ccc1O. The second-order valence-corrected chi connectivity index (χ2v) is 5.57. The Morgan fingerprint density at radius 2 is 1.11 bits per heavy atom. The molecule has 0 saturated carbocycles. The van der Waals surface area contributed by atoms with Gasteiger partial charge in [-0.3, -0.25) is 0 Å². The van der Waals surface area contributed by atoms with Crippen LogP contribution in [-0.2, 0) is 0 Å². The maximum absolute atomic E-state index is 9.69. The number of hydrogen-bond donors (Lipinski definition) is 2. The van der Waals surface area contributed by atoms with Crippen molar-refractivity contribution in [1.82, 2.24) is 0 Å². The molecule has 0 fully saturated rings. The van der Waals surface area contributed by atoms with E-state index in [2.05, 4.69) is 31.9 Å². The largest absolute Gasteiger partial charge is 0.507 e. The number of halogens is 2. The molecule has 2 nitrogen and oxygen atoms in total.